The van der Waals surface area contributed by atoms with Gasteiger partial charge >= 0.3 is 5.97 Å². The maximum Gasteiger partial charge on any atom is 0.310 e. The molecule has 7 heteroatoms. The molecule has 0 bridgehead atoms. The van der Waals surface area contributed by atoms with E-state index in [2.05, 4.69) is 0 Å². The monoisotopic (exact) mass is 417 g/mol. The lowest BCUT2D eigenvalue weighted by atomic mass is 9.97. The first-order chi connectivity index (χ1) is 14.0. The third-order valence-corrected chi connectivity index (χ3v) is 5.67. The molecule has 0 radical (unpaired) electrons. The number of ether oxygens (including phenoxy) is 1. The van der Waals surface area contributed by atoms with Crippen molar-refractivity contribution in [3.8, 4) is 5.69 Å². The summed E-state index contributed by atoms with van der Waals surface area (Å²) < 4.78 is 6.96. The summed E-state index contributed by atoms with van der Waals surface area (Å²) in [7, 11) is 0. The molecule has 29 heavy (non-hydrogen) atoms. The molecule has 156 valence electrons. The van der Waals surface area contributed by atoms with Crippen LogP contribution in [-0.4, -0.2) is 46.3 Å². The Labute approximate surface area is 176 Å². The Morgan fingerprint density at radius 1 is 1.21 bits per heavy atom. The molecule has 1 amide bonds. The average molecular weight is 418 g/mol. The van der Waals surface area contributed by atoms with Crippen LogP contribution in [0.1, 0.15) is 55.4 Å². The SMILES string of the molecule is CCOC(=O)[C@H]1CCCN(C(=O)c2c(CC)nn(-c3ccccc3Cl)c2CC)C1. The fourth-order valence-electron chi connectivity index (χ4n) is 3.92. The van der Waals surface area contributed by atoms with Crippen molar-refractivity contribution >= 4 is 23.5 Å². The summed E-state index contributed by atoms with van der Waals surface area (Å²) in [6.07, 6.45) is 2.83. The number of esters is 1. The smallest absolute Gasteiger partial charge is 0.310 e. The maximum atomic E-state index is 13.5. The zero-order valence-corrected chi connectivity index (χ0v) is 18.0. The zero-order chi connectivity index (χ0) is 21.0. The van der Waals surface area contributed by atoms with Gasteiger partial charge in [0.1, 0.15) is 0 Å². The Morgan fingerprint density at radius 2 is 1.97 bits per heavy atom. The Balaban J connectivity index is 1.96. The van der Waals surface area contributed by atoms with Crippen molar-refractivity contribution in [3.63, 3.8) is 0 Å². The topological polar surface area (TPSA) is 64.4 Å². The van der Waals surface area contributed by atoms with Crippen LogP contribution in [0.15, 0.2) is 24.3 Å². The third-order valence-electron chi connectivity index (χ3n) is 5.35. The molecule has 1 aliphatic heterocycles. The number of hydrogen-bond donors (Lipinski definition) is 0. The van der Waals surface area contributed by atoms with Crippen LogP contribution in [0.4, 0.5) is 0 Å². The van der Waals surface area contributed by atoms with Crippen LogP contribution in [-0.2, 0) is 22.4 Å². The van der Waals surface area contributed by atoms with Crippen LogP contribution in [0.5, 0.6) is 0 Å². The maximum absolute atomic E-state index is 13.5. The van der Waals surface area contributed by atoms with Gasteiger partial charge in [-0.2, -0.15) is 5.10 Å². The van der Waals surface area contributed by atoms with Gasteiger partial charge in [0.15, 0.2) is 0 Å². The van der Waals surface area contributed by atoms with Gasteiger partial charge in [0.25, 0.3) is 5.91 Å². The summed E-state index contributed by atoms with van der Waals surface area (Å²) in [6.45, 7) is 7.19. The van der Waals surface area contributed by atoms with Crippen molar-refractivity contribution in [2.45, 2.75) is 46.5 Å². The highest BCUT2D eigenvalue weighted by Crippen LogP contribution is 2.28. The second kappa shape index (κ2) is 9.44. The van der Waals surface area contributed by atoms with Gasteiger partial charge < -0.3 is 9.64 Å². The molecule has 0 unspecified atom stereocenters. The van der Waals surface area contributed by atoms with E-state index in [0.717, 1.165) is 29.9 Å². The molecule has 1 aromatic carbocycles. The van der Waals surface area contributed by atoms with E-state index in [1.807, 2.05) is 38.1 Å². The highest BCUT2D eigenvalue weighted by Gasteiger charge is 2.33. The van der Waals surface area contributed by atoms with Crippen LogP contribution in [0.2, 0.25) is 5.02 Å². The van der Waals surface area contributed by atoms with Crippen molar-refractivity contribution in [1.29, 1.82) is 0 Å². The number of aryl methyl sites for hydroxylation is 1. The summed E-state index contributed by atoms with van der Waals surface area (Å²) in [5, 5.41) is 5.31. The molecule has 1 saturated heterocycles. The number of halogens is 1. The Kier molecular flexibility index (Phi) is 6.96. The van der Waals surface area contributed by atoms with Crippen LogP contribution in [0.3, 0.4) is 0 Å². The molecule has 3 rings (SSSR count). The van der Waals surface area contributed by atoms with E-state index < -0.39 is 0 Å². The minimum absolute atomic E-state index is 0.0639. The summed E-state index contributed by atoms with van der Waals surface area (Å²) in [5.41, 5.74) is 3.01. The molecular weight excluding hydrogens is 390 g/mol. The van der Waals surface area contributed by atoms with Gasteiger partial charge in [-0.05, 0) is 44.7 Å². The Morgan fingerprint density at radius 3 is 2.62 bits per heavy atom. The first-order valence-corrected chi connectivity index (χ1v) is 10.7. The molecule has 1 aromatic heterocycles. The molecule has 0 aliphatic carbocycles. The normalized spacial score (nSPS) is 16.7. The van der Waals surface area contributed by atoms with Gasteiger partial charge in [0, 0.05) is 13.1 Å². The minimum Gasteiger partial charge on any atom is -0.466 e. The van der Waals surface area contributed by atoms with Gasteiger partial charge in [0.2, 0.25) is 0 Å². The Hall–Kier alpha value is -2.34. The first kappa shape index (κ1) is 21.4. The number of benzene rings is 1. The van der Waals surface area contributed by atoms with Crippen molar-refractivity contribution in [2.75, 3.05) is 19.7 Å². The van der Waals surface area contributed by atoms with Crippen molar-refractivity contribution < 1.29 is 14.3 Å². The third kappa shape index (κ3) is 4.32. The molecule has 2 aromatic rings. The summed E-state index contributed by atoms with van der Waals surface area (Å²) in [4.78, 5) is 27.5. The van der Waals surface area contributed by atoms with Crippen LogP contribution < -0.4 is 0 Å². The van der Waals surface area contributed by atoms with Gasteiger partial charge in [-0.15, -0.1) is 0 Å². The molecule has 1 fully saturated rings. The molecule has 6 nitrogen and oxygen atoms in total. The highest BCUT2D eigenvalue weighted by atomic mass is 35.5. The average Bonchev–Trinajstić information content (AvgIpc) is 3.12. The van der Waals surface area contributed by atoms with Crippen LogP contribution in [0, 0.1) is 5.92 Å². The molecule has 0 saturated carbocycles. The lowest BCUT2D eigenvalue weighted by molar-refractivity contribution is -0.149. The fraction of sp³-hybridized carbons (Fsp3) is 0.500. The van der Waals surface area contributed by atoms with E-state index in [-0.39, 0.29) is 17.8 Å². The van der Waals surface area contributed by atoms with Crippen LogP contribution >= 0.6 is 11.6 Å². The molecule has 1 aliphatic rings. The number of hydrogen-bond acceptors (Lipinski definition) is 4. The predicted molar refractivity (Wildman–Crippen MR) is 113 cm³/mol. The Bertz CT molecular complexity index is 893. The number of likely N-dealkylation sites (tertiary alicyclic amines) is 1. The van der Waals surface area contributed by atoms with Gasteiger partial charge in [-0.3, -0.25) is 9.59 Å². The van der Waals surface area contributed by atoms with E-state index >= 15 is 0 Å². The fourth-order valence-corrected chi connectivity index (χ4v) is 4.14. The zero-order valence-electron chi connectivity index (χ0n) is 17.3. The molecule has 2 heterocycles. The van der Waals surface area contributed by atoms with Crippen molar-refractivity contribution in [3.05, 3.63) is 46.2 Å². The number of carbonyl (C=O) groups excluding carboxylic acids is 2. The lowest BCUT2D eigenvalue weighted by Crippen LogP contribution is -2.43. The number of nitrogens with zero attached hydrogens (tertiary/aromatic N) is 3. The second-order valence-electron chi connectivity index (χ2n) is 7.18. The summed E-state index contributed by atoms with van der Waals surface area (Å²) >= 11 is 6.40. The summed E-state index contributed by atoms with van der Waals surface area (Å²) in [6, 6.07) is 7.50. The number of piperidine rings is 1. The van der Waals surface area contributed by atoms with E-state index in [0.29, 0.717) is 43.1 Å². The number of rotatable bonds is 6. The first-order valence-electron chi connectivity index (χ1n) is 10.3. The second-order valence-corrected chi connectivity index (χ2v) is 7.59. The van der Waals surface area contributed by atoms with E-state index in [9.17, 15) is 9.59 Å². The van der Waals surface area contributed by atoms with Gasteiger partial charge in [-0.1, -0.05) is 37.6 Å². The van der Waals surface area contributed by atoms with Gasteiger partial charge in [0.05, 0.1) is 40.2 Å². The van der Waals surface area contributed by atoms with Crippen LogP contribution in [0.25, 0.3) is 5.69 Å². The molecule has 0 N–H and O–H groups in total. The number of para-hydroxylation sites is 1. The largest absolute Gasteiger partial charge is 0.466 e. The lowest BCUT2D eigenvalue weighted by Gasteiger charge is -2.31. The quantitative estimate of drug-likeness (QED) is 0.664. The molecule has 0 spiro atoms. The minimum atomic E-state index is -0.263. The number of amides is 1. The van der Waals surface area contributed by atoms with E-state index in [4.69, 9.17) is 21.4 Å². The highest BCUT2D eigenvalue weighted by molar-refractivity contribution is 6.32. The summed E-state index contributed by atoms with van der Waals surface area (Å²) in [5.74, 6) is -0.546. The number of aromatic nitrogens is 2. The number of carbonyl (C=O) groups is 2. The standard InChI is InChI=1S/C22H28ClN3O3/c1-4-17-20(18(5-2)26(24-17)19-12-8-7-11-16(19)23)21(27)25-13-9-10-15(14-25)22(28)29-6-3/h7-8,11-12,15H,4-6,9-10,13-14H2,1-3H3/t15-/m0/s1. The molecule has 1 atom stereocenters. The van der Waals surface area contributed by atoms with E-state index in [1.165, 1.54) is 0 Å². The van der Waals surface area contributed by atoms with E-state index in [1.54, 1.807) is 16.5 Å². The van der Waals surface area contributed by atoms with Crippen molar-refractivity contribution in [1.82, 2.24) is 14.7 Å². The predicted octanol–water partition coefficient (Wildman–Crippen LogP) is 4.07. The van der Waals surface area contributed by atoms with Crippen molar-refractivity contribution in [2.24, 2.45) is 5.92 Å². The van der Waals surface area contributed by atoms with Gasteiger partial charge in [-0.25, -0.2) is 4.68 Å². The molecular formula is C22H28ClN3O3.